The van der Waals surface area contributed by atoms with Crippen LogP contribution in [-0.4, -0.2) is 21.7 Å². The molecule has 0 aromatic carbocycles. The summed E-state index contributed by atoms with van der Waals surface area (Å²) >= 11 is 0. The van der Waals surface area contributed by atoms with E-state index in [1.807, 2.05) is 10.9 Å². The molecule has 2 unspecified atom stereocenters. The largest absolute Gasteiger partial charge is 0.353 e. The fraction of sp³-hybridized carbons (Fsp3) is 0.714. The van der Waals surface area contributed by atoms with E-state index >= 15 is 0 Å². The van der Waals surface area contributed by atoms with Crippen LogP contribution in [0.15, 0.2) is 12.4 Å². The third-order valence-electron chi connectivity index (χ3n) is 3.50. The van der Waals surface area contributed by atoms with Crippen LogP contribution < -0.4 is 5.32 Å². The van der Waals surface area contributed by atoms with Crippen molar-refractivity contribution in [3.8, 4) is 0 Å². The molecule has 1 fully saturated rings. The minimum atomic E-state index is 0.175. The maximum atomic E-state index is 11.6. The summed E-state index contributed by atoms with van der Waals surface area (Å²) in [6, 6.07) is 0.275. The van der Waals surface area contributed by atoms with Gasteiger partial charge in [0.15, 0.2) is 0 Å². The second-order valence-electron chi connectivity index (χ2n) is 5.65. The molecule has 1 saturated heterocycles. The number of aromatic nitrogens is 2. The van der Waals surface area contributed by atoms with Crippen LogP contribution in [0.3, 0.4) is 0 Å². The van der Waals surface area contributed by atoms with E-state index in [1.54, 1.807) is 0 Å². The van der Waals surface area contributed by atoms with E-state index in [-0.39, 0.29) is 11.9 Å². The minimum absolute atomic E-state index is 0.175. The molecule has 100 valence electrons. The molecule has 2 atom stereocenters. The Hall–Kier alpha value is -1.32. The van der Waals surface area contributed by atoms with Crippen molar-refractivity contribution in [2.24, 2.45) is 5.92 Å². The summed E-state index contributed by atoms with van der Waals surface area (Å²) < 4.78 is 1.98. The molecule has 2 heterocycles. The van der Waals surface area contributed by atoms with Gasteiger partial charge in [-0.05, 0) is 24.3 Å². The first-order valence-electron chi connectivity index (χ1n) is 6.91. The van der Waals surface area contributed by atoms with Crippen LogP contribution in [0.4, 0.5) is 0 Å². The Labute approximate surface area is 109 Å². The maximum Gasteiger partial charge on any atom is 0.220 e. The summed E-state index contributed by atoms with van der Waals surface area (Å²) in [5, 5.41) is 7.47. The van der Waals surface area contributed by atoms with Gasteiger partial charge in [0.05, 0.1) is 6.20 Å². The Morgan fingerprint density at radius 2 is 2.33 bits per heavy atom. The highest BCUT2D eigenvalue weighted by Crippen LogP contribution is 2.31. The van der Waals surface area contributed by atoms with Gasteiger partial charge < -0.3 is 5.32 Å². The zero-order valence-corrected chi connectivity index (χ0v) is 11.5. The number of nitrogens with one attached hydrogen (secondary N) is 1. The minimum Gasteiger partial charge on any atom is -0.353 e. The molecule has 0 spiro atoms. The third kappa shape index (κ3) is 2.92. The standard InChI is InChI=1S/C14H23N3O/c1-4-5-17-9-11(8-15-17)12-7-14(18)16-13(12)6-10(2)3/h8-10,12-13H,4-7H2,1-3H3,(H,16,18). The molecule has 4 heteroatoms. The van der Waals surface area contributed by atoms with Gasteiger partial charge in [-0.15, -0.1) is 0 Å². The summed E-state index contributed by atoms with van der Waals surface area (Å²) in [6.07, 6.45) is 6.75. The molecule has 1 amide bonds. The fourth-order valence-corrected chi connectivity index (χ4v) is 2.71. The molecule has 0 aliphatic carbocycles. The van der Waals surface area contributed by atoms with Crippen molar-refractivity contribution in [2.75, 3.05) is 0 Å². The van der Waals surface area contributed by atoms with Crippen molar-refractivity contribution < 1.29 is 4.79 Å². The maximum absolute atomic E-state index is 11.6. The Bertz CT molecular complexity index is 411. The third-order valence-corrected chi connectivity index (χ3v) is 3.50. The van der Waals surface area contributed by atoms with Gasteiger partial charge in [0.1, 0.15) is 0 Å². The van der Waals surface area contributed by atoms with E-state index in [2.05, 4.69) is 37.4 Å². The van der Waals surface area contributed by atoms with Crippen LogP contribution in [-0.2, 0) is 11.3 Å². The average molecular weight is 249 g/mol. The summed E-state index contributed by atoms with van der Waals surface area (Å²) in [7, 11) is 0. The SMILES string of the molecule is CCCn1cc(C2CC(=O)NC2CC(C)C)cn1. The summed E-state index contributed by atoms with van der Waals surface area (Å²) in [5.74, 6) is 1.07. The van der Waals surface area contributed by atoms with E-state index in [1.165, 1.54) is 5.56 Å². The van der Waals surface area contributed by atoms with Gasteiger partial charge in [0.25, 0.3) is 0 Å². The van der Waals surface area contributed by atoms with Crippen LogP contribution in [0.5, 0.6) is 0 Å². The number of nitrogens with zero attached hydrogens (tertiary/aromatic N) is 2. The van der Waals surface area contributed by atoms with Crippen LogP contribution >= 0.6 is 0 Å². The smallest absolute Gasteiger partial charge is 0.220 e. The first-order valence-corrected chi connectivity index (χ1v) is 6.91. The Morgan fingerprint density at radius 3 is 3.00 bits per heavy atom. The fourth-order valence-electron chi connectivity index (χ4n) is 2.71. The molecule has 0 radical (unpaired) electrons. The van der Waals surface area contributed by atoms with E-state index in [0.717, 1.165) is 19.4 Å². The average Bonchev–Trinajstić information content (AvgIpc) is 2.85. The first kappa shape index (κ1) is 13.1. The number of carbonyl (C=O) groups excluding carboxylic acids is 1. The van der Waals surface area contributed by atoms with Crippen LogP contribution in [0.2, 0.25) is 0 Å². The first-order chi connectivity index (χ1) is 8.60. The Morgan fingerprint density at radius 1 is 1.56 bits per heavy atom. The van der Waals surface area contributed by atoms with Crippen molar-refractivity contribution in [1.82, 2.24) is 15.1 Å². The van der Waals surface area contributed by atoms with Crippen molar-refractivity contribution >= 4 is 5.91 Å². The van der Waals surface area contributed by atoms with Gasteiger partial charge in [-0.1, -0.05) is 20.8 Å². The lowest BCUT2D eigenvalue weighted by Crippen LogP contribution is -2.29. The van der Waals surface area contributed by atoms with Crippen LogP contribution in [0, 0.1) is 5.92 Å². The molecule has 0 saturated carbocycles. The van der Waals surface area contributed by atoms with Gasteiger partial charge in [-0.3, -0.25) is 9.48 Å². The van der Waals surface area contributed by atoms with E-state index in [0.29, 0.717) is 18.3 Å². The number of hydrogen-bond acceptors (Lipinski definition) is 2. The van der Waals surface area contributed by atoms with Gasteiger partial charge >= 0.3 is 0 Å². The summed E-state index contributed by atoms with van der Waals surface area (Å²) in [4.78, 5) is 11.6. The lowest BCUT2D eigenvalue weighted by atomic mass is 9.89. The molecule has 2 rings (SSSR count). The molecule has 1 aromatic rings. The second kappa shape index (κ2) is 5.55. The molecular formula is C14H23N3O. The monoisotopic (exact) mass is 249 g/mol. The predicted molar refractivity (Wildman–Crippen MR) is 71.3 cm³/mol. The van der Waals surface area contributed by atoms with Gasteiger partial charge in [0, 0.05) is 31.1 Å². The summed E-state index contributed by atoms with van der Waals surface area (Å²) in [5.41, 5.74) is 1.20. The van der Waals surface area contributed by atoms with Crippen molar-refractivity contribution in [1.29, 1.82) is 0 Å². The van der Waals surface area contributed by atoms with Crippen LogP contribution in [0.25, 0.3) is 0 Å². The zero-order valence-electron chi connectivity index (χ0n) is 11.5. The number of amides is 1. The molecule has 18 heavy (non-hydrogen) atoms. The number of aryl methyl sites for hydroxylation is 1. The van der Waals surface area contributed by atoms with E-state index < -0.39 is 0 Å². The molecule has 1 N–H and O–H groups in total. The second-order valence-corrected chi connectivity index (χ2v) is 5.65. The molecule has 1 aliphatic heterocycles. The number of rotatable bonds is 5. The van der Waals surface area contributed by atoms with Crippen molar-refractivity contribution in [3.63, 3.8) is 0 Å². The van der Waals surface area contributed by atoms with Gasteiger partial charge in [-0.25, -0.2) is 0 Å². The van der Waals surface area contributed by atoms with Crippen molar-refractivity contribution in [2.45, 2.75) is 58.5 Å². The molecular weight excluding hydrogens is 226 g/mol. The highest BCUT2D eigenvalue weighted by Gasteiger charge is 2.34. The van der Waals surface area contributed by atoms with E-state index in [4.69, 9.17) is 0 Å². The molecule has 0 bridgehead atoms. The zero-order chi connectivity index (χ0) is 13.1. The highest BCUT2D eigenvalue weighted by molar-refractivity contribution is 5.80. The normalized spacial score (nSPS) is 23.7. The van der Waals surface area contributed by atoms with E-state index in [9.17, 15) is 4.79 Å². The lowest BCUT2D eigenvalue weighted by molar-refractivity contribution is -0.119. The van der Waals surface area contributed by atoms with Crippen LogP contribution in [0.1, 0.15) is 51.5 Å². The number of hydrogen-bond donors (Lipinski definition) is 1. The van der Waals surface area contributed by atoms with Gasteiger partial charge in [-0.2, -0.15) is 5.10 Å². The van der Waals surface area contributed by atoms with Crippen molar-refractivity contribution in [3.05, 3.63) is 18.0 Å². The summed E-state index contributed by atoms with van der Waals surface area (Å²) in [6.45, 7) is 7.48. The molecule has 4 nitrogen and oxygen atoms in total. The molecule has 1 aromatic heterocycles. The Balaban J connectivity index is 2.10. The Kier molecular flexibility index (Phi) is 4.04. The molecule has 1 aliphatic rings. The topological polar surface area (TPSA) is 46.9 Å². The predicted octanol–water partition coefficient (Wildman–Crippen LogP) is 2.31. The lowest BCUT2D eigenvalue weighted by Gasteiger charge is -2.19. The quantitative estimate of drug-likeness (QED) is 0.870. The van der Waals surface area contributed by atoms with Gasteiger partial charge in [0.2, 0.25) is 5.91 Å². The highest BCUT2D eigenvalue weighted by atomic mass is 16.2. The number of carbonyl (C=O) groups is 1.